The Morgan fingerprint density at radius 3 is 2.49 bits per heavy atom. The number of aliphatic hydroxyl groups excluding tert-OH is 1. The van der Waals surface area contributed by atoms with Gasteiger partial charge in [-0.15, -0.1) is 0 Å². The Balaban J connectivity index is 1.06. The molecule has 4 aliphatic carbocycles. The second-order valence-corrected chi connectivity index (χ2v) is 19.1. The van der Waals surface area contributed by atoms with Crippen LogP contribution < -0.4 is 0 Å². The molecule has 7 rings (SSSR count). The van der Waals surface area contributed by atoms with Crippen LogP contribution in [0, 0.1) is 58.1 Å². The molecule has 5 fully saturated rings. The number of ether oxygens (including phenoxy) is 2. The van der Waals surface area contributed by atoms with E-state index in [2.05, 4.69) is 39.6 Å². The van der Waals surface area contributed by atoms with Crippen molar-refractivity contribution in [3.8, 4) is 0 Å². The van der Waals surface area contributed by atoms with E-state index in [9.17, 15) is 19.1 Å². The minimum atomic E-state index is -0.596. The van der Waals surface area contributed by atoms with Gasteiger partial charge in [-0.3, -0.25) is 14.6 Å². The maximum Gasteiger partial charge on any atom is 0.312 e. The number of hydrogen-bond acceptors (Lipinski definition) is 6. The molecule has 1 aromatic carbocycles. The Morgan fingerprint density at radius 2 is 1.81 bits per heavy atom. The topological polar surface area (TPSA) is 89.0 Å². The molecular formula is C45H63FN2O5. The van der Waals surface area contributed by atoms with Crippen molar-refractivity contribution < 1.29 is 28.6 Å². The number of aryl methyl sites for hydroxylation is 1. The van der Waals surface area contributed by atoms with Gasteiger partial charge in [0.05, 0.1) is 30.4 Å². The monoisotopic (exact) mass is 730 g/mol. The normalized spacial score (nSPS) is 36.7. The number of fused-ring (bicyclic) bond motifs is 3. The quantitative estimate of drug-likeness (QED) is 0.247. The zero-order chi connectivity index (χ0) is 37.9. The molecule has 1 saturated heterocycles. The van der Waals surface area contributed by atoms with Crippen LogP contribution in [0.2, 0.25) is 0 Å². The number of esters is 1. The molecule has 1 spiro atoms. The summed E-state index contributed by atoms with van der Waals surface area (Å²) in [5, 5.41) is 12.6. The smallest absolute Gasteiger partial charge is 0.312 e. The van der Waals surface area contributed by atoms with Gasteiger partial charge in [-0.2, -0.15) is 0 Å². The number of carbonyl (C=O) groups is 2. The van der Waals surface area contributed by atoms with E-state index in [0.29, 0.717) is 30.8 Å². The first-order valence-corrected chi connectivity index (χ1v) is 20.5. The average molecular weight is 731 g/mol. The Morgan fingerprint density at radius 1 is 1.06 bits per heavy atom. The van der Waals surface area contributed by atoms with Crippen LogP contribution in [-0.4, -0.2) is 57.8 Å². The largest absolute Gasteiger partial charge is 0.461 e. The molecule has 8 heteroatoms. The first-order valence-electron chi connectivity index (χ1n) is 20.5. The third kappa shape index (κ3) is 6.98. The van der Waals surface area contributed by atoms with Gasteiger partial charge in [0, 0.05) is 37.0 Å². The van der Waals surface area contributed by atoms with Crippen LogP contribution in [0.4, 0.5) is 4.39 Å². The van der Waals surface area contributed by atoms with Crippen LogP contribution in [-0.2, 0) is 32.0 Å². The Bertz CT molecular complexity index is 1640. The standard InChI is InChI=1S/C45H63FN2O5/c1-28-21-31(24-33(46)22-28)26-48(30(3)49)27-35-23-29(2)39-40(52-35)41(51)44(7)36(45(18-19-45)17-16-43(39,44)6)15-14-32-11-10-13-37(42(32,4)5)53-38(50)25-34-12-8-9-20-47-34/h8-9,12,20-22,24,29,32,35-37,39-41,51H,10-11,13-19,23,25-27H2,1-7H3. The molecule has 10 unspecified atom stereocenters. The van der Waals surface area contributed by atoms with E-state index < -0.39 is 6.10 Å². The van der Waals surface area contributed by atoms with Crippen molar-refractivity contribution >= 4 is 11.9 Å². The summed E-state index contributed by atoms with van der Waals surface area (Å²) in [7, 11) is 0. The average Bonchev–Trinajstić information content (AvgIpc) is 3.84. The van der Waals surface area contributed by atoms with Gasteiger partial charge in [0.15, 0.2) is 0 Å². The van der Waals surface area contributed by atoms with Gasteiger partial charge in [0.2, 0.25) is 5.91 Å². The number of benzene rings is 1. The fraction of sp³-hybridized carbons (Fsp3) is 0.711. The number of hydrogen-bond donors (Lipinski definition) is 1. The number of nitrogens with zero attached hydrogens (tertiary/aromatic N) is 2. The van der Waals surface area contributed by atoms with Crippen LogP contribution in [0.15, 0.2) is 42.6 Å². The van der Waals surface area contributed by atoms with Crippen molar-refractivity contribution in [3.05, 3.63) is 65.2 Å². The summed E-state index contributed by atoms with van der Waals surface area (Å²) in [6.07, 6.45) is 11.5. The molecule has 7 nitrogen and oxygen atoms in total. The SMILES string of the molecule is CC(=O)N(Cc1cc(C)cc(F)c1)CC1CC(C)C2C(O1)C(O)C1(C)C(CCC3CCCC(OC(=O)Cc4ccccn4)C3(C)C)C3(CC3)CCC21C. The van der Waals surface area contributed by atoms with Gasteiger partial charge in [0.25, 0.3) is 0 Å². The first-order chi connectivity index (χ1) is 25.1. The number of rotatable bonds is 10. The van der Waals surface area contributed by atoms with Gasteiger partial charge >= 0.3 is 5.97 Å². The highest BCUT2D eigenvalue weighted by Crippen LogP contribution is 2.77. The van der Waals surface area contributed by atoms with E-state index in [1.165, 1.54) is 31.4 Å². The van der Waals surface area contributed by atoms with E-state index in [-0.39, 0.29) is 70.0 Å². The van der Waals surface area contributed by atoms with Crippen molar-refractivity contribution in [2.24, 2.45) is 45.3 Å². The van der Waals surface area contributed by atoms with E-state index >= 15 is 0 Å². The van der Waals surface area contributed by atoms with Crippen molar-refractivity contribution in [2.75, 3.05) is 6.54 Å². The van der Waals surface area contributed by atoms with Crippen LogP contribution in [0.5, 0.6) is 0 Å². The first kappa shape index (κ1) is 38.4. The number of amides is 1. The summed E-state index contributed by atoms with van der Waals surface area (Å²) in [5.74, 6) is 0.835. The van der Waals surface area contributed by atoms with Gasteiger partial charge in [-0.1, -0.05) is 46.8 Å². The number of aliphatic hydroxyl groups is 1. The van der Waals surface area contributed by atoms with Gasteiger partial charge in [-0.05, 0) is 141 Å². The maximum absolute atomic E-state index is 14.2. The van der Waals surface area contributed by atoms with Gasteiger partial charge in [0.1, 0.15) is 11.9 Å². The minimum Gasteiger partial charge on any atom is -0.461 e. The van der Waals surface area contributed by atoms with Crippen molar-refractivity contribution in [3.63, 3.8) is 0 Å². The highest BCUT2D eigenvalue weighted by atomic mass is 19.1. The Labute approximate surface area is 316 Å². The molecule has 0 radical (unpaired) electrons. The van der Waals surface area contributed by atoms with Gasteiger partial charge < -0.3 is 19.5 Å². The van der Waals surface area contributed by atoms with Crippen LogP contribution in [0.25, 0.3) is 0 Å². The molecule has 1 aliphatic heterocycles. The fourth-order valence-corrected chi connectivity index (χ4v) is 12.6. The second-order valence-electron chi connectivity index (χ2n) is 19.1. The molecule has 4 saturated carbocycles. The molecule has 10 atom stereocenters. The van der Waals surface area contributed by atoms with Crippen molar-refractivity contribution in [2.45, 2.75) is 150 Å². The molecule has 53 heavy (non-hydrogen) atoms. The molecule has 1 N–H and O–H groups in total. The fourth-order valence-electron chi connectivity index (χ4n) is 12.6. The van der Waals surface area contributed by atoms with Crippen LogP contribution in [0.3, 0.4) is 0 Å². The lowest BCUT2D eigenvalue weighted by molar-refractivity contribution is -0.162. The molecular weight excluding hydrogens is 668 g/mol. The number of aromatic nitrogens is 1. The van der Waals surface area contributed by atoms with E-state index in [0.717, 1.165) is 61.8 Å². The lowest BCUT2D eigenvalue weighted by atomic mass is 9.46. The van der Waals surface area contributed by atoms with E-state index in [1.807, 2.05) is 31.2 Å². The molecule has 290 valence electrons. The van der Waals surface area contributed by atoms with E-state index in [4.69, 9.17) is 9.47 Å². The van der Waals surface area contributed by atoms with Crippen molar-refractivity contribution in [1.82, 2.24) is 9.88 Å². The zero-order valence-electron chi connectivity index (χ0n) is 33.2. The summed E-state index contributed by atoms with van der Waals surface area (Å²) in [5.41, 5.74) is 2.13. The molecule has 1 aromatic heterocycles. The predicted molar refractivity (Wildman–Crippen MR) is 203 cm³/mol. The Hall–Kier alpha value is -2.84. The Kier molecular flexibility index (Phi) is 10.4. The van der Waals surface area contributed by atoms with Gasteiger partial charge in [-0.25, -0.2) is 4.39 Å². The van der Waals surface area contributed by atoms with Crippen molar-refractivity contribution in [1.29, 1.82) is 0 Å². The third-order valence-electron chi connectivity index (χ3n) is 15.7. The molecule has 5 aliphatic rings. The summed E-state index contributed by atoms with van der Waals surface area (Å²) in [4.78, 5) is 32.0. The second kappa shape index (κ2) is 14.3. The summed E-state index contributed by atoms with van der Waals surface area (Å²) in [6, 6.07) is 10.6. The minimum absolute atomic E-state index is 0.0589. The number of halogens is 1. The van der Waals surface area contributed by atoms with Crippen LogP contribution >= 0.6 is 0 Å². The number of carbonyl (C=O) groups excluding carboxylic acids is 2. The van der Waals surface area contributed by atoms with Crippen LogP contribution in [0.1, 0.15) is 123 Å². The molecule has 1 amide bonds. The molecule has 2 aromatic rings. The highest BCUT2D eigenvalue weighted by Gasteiger charge is 2.75. The van der Waals surface area contributed by atoms with E-state index in [1.54, 1.807) is 18.0 Å². The highest BCUT2D eigenvalue weighted by molar-refractivity contribution is 5.73. The predicted octanol–water partition coefficient (Wildman–Crippen LogP) is 8.63. The summed E-state index contributed by atoms with van der Waals surface area (Å²) in [6.45, 7) is 16.0. The maximum atomic E-state index is 14.2. The lowest BCUT2D eigenvalue weighted by Crippen LogP contribution is -2.55. The zero-order valence-corrected chi connectivity index (χ0v) is 33.2. The lowest BCUT2D eigenvalue weighted by Gasteiger charge is -2.58. The summed E-state index contributed by atoms with van der Waals surface area (Å²) >= 11 is 0. The molecule has 2 heterocycles. The summed E-state index contributed by atoms with van der Waals surface area (Å²) < 4.78 is 27.4. The number of pyridine rings is 1. The third-order valence-corrected chi connectivity index (χ3v) is 15.7. The molecule has 0 bridgehead atoms.